The maximum Gasteiger partial charge on any atom is 0.295 e. The smallest absolute Gasteiger partial charge is 0.295 e. The van der Waals surface area contributed by atoms with Gasteiger partial charge in [0.1, 0.15) is 18.1 Å². The summed E-state index contributed by atoms with van der Waals surface area (Å²) < 4.78 is 5.96. The standard InChI is InChI=1S/C31H33NO4/c1-5-17-32-28(24-13-11-23(12-14-24)20(2)3)27(30(34)31(32)35)29(33)25-15-16-26(21(4)18-25)36-19-22-9-7-6-8-10-22/h6-16,18,20,28,33H,5,17,19H2,1-4H3/b29-27-. The van der Waals surface area contributed by atoms with Crippen molar-refractivity contribution in [3.05, 3.63) is 106 Å². The van der Waals surface area contributed by atoms with Crippen LogP contribution in [0.15, 0.2) is 78.4 Å². The molecule has 186 valence electrons. The molecule has 1 saturated heterocycles. The maximum absolute atomic E-state index is 13.1. The van der Waals surface area contributed by atoms with Crippen molar-refractivity contribution in [2.75, 3.05) is 6.54 Å². The number of carbonyl (C=O) groups excluding carboxylic acids is 2. The second-order valence-corrected chi connectivity index (χ2v) is 9.57. The lowest BCUT2D eigenvalue weighted by atomic mass is 9.93. The van der Waals surface area contributed by atoms with Crippen LogP contribution < -0.4 is 4.74 Å². The number of ketones is 1. The topological polar surface area (TPSA) is 66.8 Å². The van der Waals surface area contributed by atoms with Crippen molar-refractivity contribution in [1.82, 2.24) is 4.90 Å². The lowest BCUT2D eigenvalue weighted by molar-refractivity contribution is -0.139. The predicted octanol–water partition coefficient (Wildman–Crippen LogP) is 6.53. The van der Waals surface area contributed by atoms with Gasteiger partial charge in [0.2, 0.25) is 0 Å². The van der Waals surface area contributed by atoms with Gasteiger partial charge in [-0.05, 0) is 59.7 Å². The number of amides is 1. The van der Waals surface area contributed by atoms with Crippen LogP contribution in [0.4, 0.5) is 0 Å². The first kappa shape index (κ1) is 25.2. The summed E-state index contributed by atoms with van der Waals surface area (Å²) in [6, 6.07) is 22.5. The average molecular weight is 484 g/mol. The quantitative estimate of drug-likeness (QED) is 0.225. The van der Waals surface area contributed by atoms with E-state index in [4.69, 9.17) is 4.74 Å². The molecule has 3 aromatic rings. The van der Waals surface area contributed by atoms with Crippen LogP contribution in [0.5, 0.6) is 5.75 Å². The molecule has 4 rings (SSSR count). The van der Waals surface area contributed by atoms with Gasteiger partial charge in [-0.15, -0.1) is 0 Å². The number of carbonyl (C=O) groups is 2. The fourth-order valence-electron chi connectivity index (χ4n) is 4.61. The van der Waals surface area contributed by atoms with Gasteiger partial charge in [0.25, 0.3) is 11.7 Å². The molecule has 1 aliphatic heterocycles. The van der Waals surface area contributed by atoms with E-state index in [1.54, 1.807) is 23.1 Å². The minimum atomic E-state index is -0.652. The number of hydrogen-bond donors (Lipinski definition) is 1. The first-order valence-electron chi connectivity index (χ1n) is 12.5. The molecule has 0 aliphatic carbocycles. The molecular weight excluding hydrogens is 450 g/mol. The lowest BCUT2D eigenvalue weighted by Gasteiger charge is -2.25. The van der Waals surface area contributed by atoms with E-state index in [1.165, 1.54) is 5.56 Å². The van der Waals surface area contributed by atoms with Gasteiger partial charge in [-0.1, -0.05) is 75.4 Å². The van der Waals surface area contributed by atoms with Crippen LogP contribution in [-0.2, 0) is 16.2 Å². The van der Waals surface area contributed by atoms with Gasteiger partial charge in [0, 0.05) is 12.1 Å². The molecule has 36 heavy (non-hydrogen) atoms. The van der Waals surface area contributed by atoms with Crippen molar-refractivity contribution in [2.45, 2.75) is 52.7 Å². The number of benzene rings is 3. The highest BCUT2D eigenvalue weighted by atomic mass is 16.5. The van der Waals surface area contributed by atoms with Crippen molar-refractivity contribution in [2.24, 2.45) is 0 Å². The summed E-state index contributed by atoms with van der Waals surface area (Å²) in [6.45, 7) is 8.97. The van der Waals surface area contributed by atoms with Crippen molar-refractivity contribution in [1.29, 1.82) is 0 Å². The van der Waals surface area contributed by atoms with Crippen LogP contribution in [0.1, 0.15) is 67.0 Å². The molecule has 5 heteroatoms. The molecule has 1 unspecified atom stereocenters. The Kier molecular flexibility index (Phi) is 7.58. The molecule has 0 radical (unpaired) electrons. The molecule has 1 heterocycles. The summed E-state index contributed by atoms with van der Waals surface area (Å²) >= 11 is 0. The Bertz CT molecular complexity index is 1280. The highest BCUT2D eigenvalue weighted by Gasteiger charge is 2.45. The average Bonchev–Trinajstić information content (AvgIpc) is 3.13. The van der Waals surface area contributed by atoms with Crippen molar-refractivity contribution in [3.63, 3.8) is 0 Å². The fraction of sp³-hybridized carbons (Fsp3) is 0.290. The molecule has 0 spiro atoms. The number of ether oxygens (including phenoxy) is 1. The van der Waals surface area contributed by atoms with E-state index in [-0.39, 0.29) is 11.3 Å². The van der Waals surface area contributed by atoms with Crippen LogP contribution in [-0.4, -0.2) is 28.2 Å². The number of aliphatic hydroxyl groups excluding tert-OH is 1. The van der Waals surface area contributed by atoms with Gasteiger partial charge >= 0.3 is 0 Å². The second-order valence-electron chi connectivity index (χ2n) is 9.57. The van der Waals surface area contributed by atoms with E-state index in [1.807, 2.05) is 68.4 Å². The Labute approximate surface area is 213 Å². The summed E-state index contributed by atoms with van der Waals surface area (Å²) in [7, 11) is 0. The number of aryl methyl sites for hydroxylation is 1. The Morgan fingerprint density at radius 1 is 1.00 bits per heavy atom. The molecule has 1 fully saturated rings. The van der Waals surface area contributed by atoms with E-state index in [0.717, 1.165) is 16.7 Å². The summed E-state index contributed by atoms with van der Waals surface area (Å²) in [5.41, 5.74) is 4.49. The predicted molar refractivity (Wildman–Crippen MR) is 142 cm³/mol. The Hall–Kier alpha value is -3.86. The number of hydrogen-bond acceptors (Lipinski definition) is 4. The Morgan fingerprint density at radius 2 is 1.69 bits per heavy atom. The highest BCUT2D eigenvalue weighted by Crippen LogP contribution is 2.40. The largest absolute Gasteiger partial charge is 0.507 e. The molecule has 0 saturated carbocycles. The zero-order valence-corrected chi connectivity index (χ0v) is 21.3. The second kappa shape index (κ2) is 10.8. The van der Waals surface area contributed by atoms with Gasteiger partial charge in [0.15, 0.2) is 0 Å². The zero-order chi connectivity index (χ0) is 25.8. The van der Waals surface area contributed by atoms with E-state index in [0.29, 0.717) is 36.8 Å². The van der Waals surface area contributed by atoms with Crippen LogP contribution >= 0.6 is 0 Å². The molecule has 0 bridgehead atoms. The monoisotopic (exact) mass is 483 g/mol. The van der Waals surface area contributed by atoms with Gasteiger partial charge < -0.3 is 14.7 Å². The van der Waals surface area contributed by atoms with Gasteiger partial charge in [-0.2, -0.15) is 0 Å². The Morgan fingerprint density at radius 3 is 2.31 bits per heavy atom. The van der Waals surface area contributed by atoms with Crippen LogP contribution in [0.3, 0.4) is 0 Å². The van der Waals surface area contributed by atoms with Crippen molar-refractivity contribution >= 4 is 17.4 Å². The third-order valence-electron chi connectivity index (χ3n) is 6.61. The van der Waals surface area contributed by atoms with Gasteiger partial charge in [-0.3, -0.25) is 9.59 Å². The molecular formula is C31H33NO4. The summed E-state index contributed by atoms with van der Waals surface area (Å²) in [4.78, 5) is 27.7. The maximum atomic E-state index is 13.1. The zero-order valence-electron chi connectivity index (χ0n) is 21.3. The SMILES string of the molecule is CCCN1C(=O)C(=O)/C(=C(\O)c2ccc(OCc3ccccc3)c(C)c2)C1c1ccc(C(C)C)cc1. The van der Waals surface area contributed by atoms with Gasteiger partial charge in [-0.25, -0.2) is 0 Å². The Balaban J connectivity index is 1.70. The molecule has 1 aliphatic rings. The number of rotatable bonds is 8. The molecule has 1 amide bonds. The number of nitrogens with zero attached hydrogens (tertiary/aromatic N) is 1. The summed E-state index contributed by atoms with van der Waals surface area (Å²) in [5, 5.41) is 11.3. The molecule has 1 atom stereocenters. The van der Waals surface area contributed by atoms with E-state index >= 15 is 0 Å². The highest BCUT2D eigenvalue weighted by molar-refractivity contribution is 6.46. The molecule has 0 aromatic heterocycles. The molecule has 3 aromatic carbocycles. The number of Topliss-reactive ketones (excluding diaryl/α,β-unsaturated/α-hetero) is 1. The normalized spacial score (nSPS) is 17.1. The minimum Gasteiger partial charge on any atom is -0.507 e. The molecule has 1 N–H and O–H groups in total. The third-order valence-corrected chi connectivity index (χ3v) is 6.61. The van der Waals surface area contributed by atoms with Gasteiger partial charge in [0.05, 0.1) is 11.6 Å². The number of aliphatic hydroxyl groups is 1. The summed E-state index contributed by atoms with van der Waals surface area (Å²) in [5.74, 6) is -0.325. The van der Waals surface area contributed by atoms with Crippen molar-refractivity contribution in [3.8, 4) is 5.75 Å². The first-order valence-corrected chi connectivity index (χ1v) is 12.5. The van der Waals surface area contributed by atoms with Crippen LogP contribution in [0.25, 0.3) is 5.76 Å². The molecule has 5 nitrogen and oxygen atoms in total. The van der Waals surface area contributed by atoms with Crippen LogP contribution in [0.2, 0.25) is 0 Å². The van der Waals surface area contributed by atoms with E-state index < -0.39 is 17.7 Å². The minimum absolute atomic E-state index is 0.128. The van der Waals surface area contributed by atoms with E-state index in [2.05, 4.69) is 13.8 Å². The van der Waals surface area contributed by atoms with Crippen LogP contribution in [0, 0.1) is 6.92 Å². The fourth-order valence-corrected chi connectivity index (χ4v) is 4.61. The third kappa shape index (κ3) is 5.06. The van der Waals surface area contributed by atoms with Crippen molar-refractivity contribution < 1.29 is 19.4 Å². The summed E-state index contributed by atoms with van der Waals surface area (Å²) in [6.07, 6.45) is 0.709. The lowest BCUT2D eigenvalue weighted by Crippen LogP contribution is -2.30. The van der Waals surface area contributed by atoms with E-state index in [9.17, 15) is 14.7 Å². The number of likely N-dealkylation sites (tertiary alicyclic amines) is 1. The first-order chi connectivity index (χ1) is 17.3.